The molecule has 11 N–H and O–H groups in total. The van der Waals surface area contributed by atoms with Crippen molar-refractivity contribution < 1.29 is 34.2 Å². The van der Waals surface area contributed by atoms with Gasteiger partial charge in [0.25, 0.3) is 0 Å². The third kappa shape index (κ3) is 14.3. The highest BCUT2D eigenvalue weighted by Crippen LogP contribution is 2.05. The summed E-state index contributed by atoms with van der Waals surface area (Å²) in [5.74, 6) is -4.62. The van der Waals surface area contributed by atoms with Gasteiger partial charge >= 0.3 is 11.9 Å². The maximum atomic E-state index is 12.6. The first-order valence-electron chi connectivity index (χ1n) is 10.5. The van der Waals surface area contributed by atoms with Gasteiger partial charge in [0.2, 0.25) is 17.7 Å². The van der Waals surface area contributed by atoms with Crippen molar-refractivity contribution in [3.05, 3.63) is 0 Å². The van der Waals surface area contributed by atoms with E-state index in [4.69, 9.17) is 27.4 Å². The van der Waals surface area contributed by atoms with Gasteiger partial charge in [0.15, 0.2) is 5.96 Å². The standard InChI is InChI=1S/C19H35N7O7/c1-10(2)8-11(20)16(30)26-12(4-3-7-23-19(21)22)17(31)24-9-14(27)25-13(18(32)33)5-6-15(28)29/h10-13H,3-9,20H2,1-2H3,(H,24,31)(H,25,27)(H,26,30)(H,28,29)(H,32,33)(H4,21,22,23). The molecule has 0 aromatic heterocycles. The third-order valence-corrected chi connectivity index (χ3v) is 4.34. The molecule has 0 rings (SSSR count). The second-order valence-electron chi connectivity index (χ2n) is 7.85. The number of carboxylic acids is 2. The van der Waals surface area contributed by atoms with Crippen LogP contribution in [0.15, 0.2) is 4.99 Å². The number of nitrogens with one attached hydrogen (secondary N) is 3. The zero-order chi connectivity index (χ0) is 25.6. The molecule has 0 heterocycles. The Morgan fingerprint density at radius 3 is 2.09 bits per heavy atom. The van der Waals surface area contributed by atoms with E-state index in [1.54, 1.807) is 0 Å². The molecule has 0 aliphatic heterocycles. The maximum absolute atomic E-state index is 12.6. The van der Waals surface area contributed by atoms with Crippen LogP contribution in [0.3, 0.4) is 0 Å². The smallest absolute Gasteiger partial charge is 0.326 e. The van der Waals surface area contributed by atoms with E-state index in [0.717, 1.165) is 0 Å². The summed E-state index contributed by atoms with van der Waals surface area (Å²) < 4.78 is 0. The SMILES string of the molecule is CC(C)CC(N)C(=O)NC(CCCN=C(N)N)C(=O)NCC(=O)NC(CCC(=O)O)C(=O)O. The van der Waals surface area contributed by atoms with Gasteiger partial charge in [-0.25, -0.2) is 4.79 Å². The second-order valence-corrected chi connectivity index (χ2v) is 7.85. The number of guanidine groups is 1. The van der Waals surface area contributed by atoms with E-state index in [0.29, 0.717) is 12.8 Å². The third-order valence-electron chi connectivity index (χ3n) is 4.34. The number of carboxylic acid groups (broad SMARTS) is 2. The summed E-state index contributed by atoms with van der Waals surface area (Å²) in [6, 6.07) is -3.28. The molecule has 33 heavy (non-hydrogen) atoms. The van der Waals surface area contributed by atoms with Gasteiger partial charge in [0, 0.05) is 13.0 Å². The van der Waals surface area contributed by atoms with Crippen LogP contribution in [0.2, 0.25) is 0 Å². The van der Waals surface area contributed by atoms with Crippen LogP contribution in [-0.4, -0.2) is 77.0 Å². The Hall–Kier alpha value is -3.42. The zero-order valence-electron chi connectivity index (χ0n) is 18.9. The molecular formula is C19H35N7O7. The van der Waals surface area contributed by atoms with E-state index in [2.05, 4.69) is 20.9 Å². The first kappa shape index (κ1) is 29.6. The molecule has 0 aromatic carbocycles. The first-order chi connectivity index (χ1) is 15.3. The van der Waals surface area contributed by atoms with Crippen molar-refractivity contribution in [2.45, 2.75) is 64.1 Å². The van der Waals surface area contributed by atoms with Gasteiger partial charge in [-0.1, -0.05) is 13.8 Å². The fourth-order valence-electron chi connectivity index (χ4n) is 2.73. The number of rotatable bonds is 16. The quantitative estimate of drug-likeness (QED) is 0.0661. The fraction of sp³-hybridized carbons (Fsp3) is 0.684. The van der Waals surface area contributed by atoms with Crippen molar-refractivity contribution in [2.24, 2.45) is 28.1 Å². The molecule has 0 spiro atoms. The molecule has 3 atom stereocenters. The van der Waals surface area contributed by atoms with Crippen LogP contribution in [0.4, 0.5) is 0 Å². The number of carbonyl (C=O) groups is 5. The summed E-state index contributed by atoms with van der Waals surface area (Å²) in [5.41, 5.74) is 16.4. The Kier molecular flexibility index (Phi) is 13.8. The largest absolute Gasteiger partial charge is 0.481 e. The van der Waals surface area contributed by atoms with E-state index < -0.39 is 60.8 Å². The molecule has 0 aliphatic rings. The minimum absolute atomic E-state index is 0.119. The van der Waals surface area contributed by atoms with Gasteiger partial charge in [-0.2, -0.15) is 0 Å². The lowest BCUT2D eigenvalue weighted by Gasteiger charge is -2.21. The molecule has 188 valence electrons. The average molecular weight is 474 g/mol. The topological polar surface area (TPSA) is 252 Å². The van der Waals surface area contributed by atoms with Gasteiger partial charge in [-0.3, -0.25) is 24.2 Å². The van der Waals surface area contributed by atoms with E-state index in [-0.39, 0.29) is 31.3 Å². The Labute approximate surface area is 191 Å². The zero-order valence-corrected chi connectivity index (χ0v) is 18.9. The maximum Gasteiger partial charge on any atom is 0.326 e. The van der Waals surface area contributed by atoms with E-state index in [9.17, 15) is 24.0 Å². The molecule has 0 aromatic rings. The summed E-state index contributed by atoms with van der Waals surface area (Å²) >= 11 is 0. The van der Waals surface area contributed by atoms with Crippen LogP contribution >= 0.6 is 0 Å². The lowest BCUT2D eigenvalue weighted by Crippen LogP contribution is -2.53. The summed E-state index contributed by atoms with van der Waals surface area (Å²) in [4.78, 5) is 62.5. The highest BCUT2D eigenvalue weighted by Gasteiger charge is 2.25. The number of nitrogens with zero attached hydrogens (tertiary/aromatic N) is 1. The number of amides is 3. The molecule has 0 saturated carbocycles. The van der Waals surface area contributed by atoms with Crippen LogP contribution in [-0.2, 0) is 24.0 Å². The van der Waals surface area contributed by atoms with Crippen LogP contribution < -0.4 is 33.2 Å². The Bertz CT molecular complexity index is 723. The minimum atomic E-state index is -1.42. The van der Waals surface area contributed by atoms with E-state index in [1.807, 2.05) is 13.8 Å². The van der Waals surface area contributed by atoms with Crippen molar-refractivity contribution >= 4 is 35.6 Å². The molecule has 0 bridgehead atoms. The van der Waals surface area contributed by atoms with Crippen LogP contribution in [0.1, 0.15) is 46.0 Å². The van der Waals surface area contributed by atoms with Crippen molar-refractivity contribution in [1.82, 2.24) is 16.0 Å². The highest BCUT2D eigenvalue weighted by atomic mass is 16.4. The molecular weight excluding hydrogens is 438 g/mol. The lowest BCUT2D eigenvalue weighted by atomic mass is 10.0. The molecule has 0 fully saturated rings. The molecule has 3 unspecified atom stereocenters. The van der Waals surface area contributed by atoms with Crippen molar-refractivity contribution in [3.63, 3.8) is 0 Å². The van der Waals surface area contributed by atoms with Gasteiger partial charge in [-0.15, -0.1) is 0 Å². The monoisotopic (exact) mass is 473 g/mol. The predicted octanol–water partition coefficient (Wildman–Crippen LogP) is -2.55. The molecule has 3 amide bonds. The fourth-order valence-corrected chi connectivity index (χ4v) is 2.73. The normalized spacial score (nSPS) is 13.3. The minimum Gasteiger partial charge on any atom is -0.481 e. The molecule has 14 heteroatoms. The Morgan fingerprint density at radius 1 is 0.939 bits per heavy atom. The van der Waals surface area contributed by atoms with Crippen LogP contribution in [0.5, 0.6) is 0 Å². The number of hydrogen-bond donors (Lipinski definition) is 8. The Balaban J connectivity index is 4.98. The van der Waals surface area contributed by atoms with E-state index >= 15 is 0 Å². The molecule has 0 aliphatic carbocycles. The lowest BCUT2D eigenvalue weighted by molar-refractivity contribution is -0.143. The van der Waals surface area contributed by atoms with Crippen molar-refractivity contribution in [3.8, 4) is 0 Å². The summed E-state index contributed by atoms with van der Waals surface area (Å²) in [7, 11) is 0. The number of aliphatic imine (C=N–C) groups is 1. The van der Waals surface area contributed by atoms with Crippen molar-refractivity contribution in [2.75, 3.05) is 13.1 Å². The van der Waals surface area contributed by atoms with Crippen LogP contribution in [0.25, 0.3) is 0 Å². The number of aliphatic carboxylic acids is 2. The molecule has 0 saturated heterocycles. The van der Waals surface area contributed by atoms with Crippen LogP contribution in [0, 0.1) is 5.92 Å². The van der Waals surface area contributed by atoms with E-state index in [1.165, 1.54) is 0 Å². The Morgan fingerprint density at radius 2 is 1.58 bits per heavy atom. The summed E-state index contributed by atoms with van der Waals surface area (Å²) in [6.07, 6.45) is 0.133. The van der Waals surface area contributed by atoms with Gasteiger partial charge < -0.3 is 43.4 Å². The second kappa shape index (κ2) is 15.4. The number of hydrogen-bond acceptors (Lipinski definition) is 7. The van der Waals surface area contributed by atoms with Gasteiger partial charge in [0.1, 0.15) is 12.1 Å². The molecule has 0 radical (unpaired) electrons. The number of carbonyl (C=O) groups excluding carboxylic acids is 3. The summed E-state index contributed by atoms with van der Waals surface area (Å²) in [5, 5.41) is 24.8. The average Bonchev–Trinajstić information content (AvgIpc) is 2.70. The van der Waals surface area contributed by atoms with Crippen molar-refractivity contribution in [1.29, 1.82) is 0 Å². The number of nitrogens with two attached hydrogens (primary N) is 3. The first-order valence-corrected chi connectivity index (χ1v) is 10.5. The van der Waals surface area contributed by atoms with Gasteiger partial charge in [0.05, 0.1) is 12.6 Å². The molecule has 14 nitrogen and oxygen atoms in total. The summed E-state index contributed by atoms with van der Waals surface area (Å²) in [6.45, 7) is 3.43. The van der Waals surface area contributed by atoms with Gasteiger partial charge in [-0.05, 0) is 31.6 Å². The predicted molar refractivity (Wildman–Crippen MR) is 119 cm³/mol. The highest BCUT2D eigenvalue weighted by molar-refractivity contribution is 5.92.